The van der Waals surface area contributed by atoms with E-state index in [0.717, 1.165) is 11.3 Å². The number of ether oxygens (including phenoxy) is 1. The van der Waals surface area contributed by atoms with Gasteiger partial charge in [-0.25, -0.2) is 13.2 Å². The van der Waals surface area contributed by atoms with Crippen LogP contribution >= 0.6 is 0 Å². The van der Waals surface area contributed by atoms with E-state index in [2.05, 4.69) is 10.6 Å². The summed E-state index contributed by atoms with van der Waals surface area (Å²) >= 11 is 0. The molecule has 7 heteroatoms. The average Bonchev–Trinajstić information content (AvgIpc) is 2.77. The van der Waals surface area contributed by atoms with Gasteiger partial charge >= 0.3 is 6.03 Å². The first-order chi connectivity index (χ1) is 10.7. The number of amides is 2. The molecule has 1 aliphatic heterocycles. The molecule has 1 aliphatic rings. The largest absolute Gasteiger partial charge is 0.491 e. The number of hydrogen-bond acceptors (Lipinski definition) is 4. The average molecular weight is 340 g/mol. The zero-order valence-electron chi connectivity index (χ0n) is 13.7. The van der Waals surface area contributed by atoms with Crippen molar-refractivity contribution in [3.05, 3.63) is 29.8 Å². The summed E-state index contributed by atoms with van der Waals surface area (Å²) < 4.78 is 28.5. The molecule has 23 heavy (non-hydrogen) atoms. The predicted octanol–water partition coefficient (Wildman–Crippen LogP) is 2.02. The van der Waals surface area contributed by atoms with Gasteiger partial charge in [0.25, 0.3) is 0 Å². The van der Waals surface area contributed by atoms with Gasteiger partial charge in [-0.05, 0) is 44.9 Å². The van der Waals surface area contributed by atoms with Crippen molar-refractivity contribution in [3.8, 4) is 5.75 Å². The Bertz CT molecular complexity index is 658. The third kappa shape index (κ3) is 5.42. The Balaban J connectivity index is 1.91. The fraction of sp³-hybridized carbons (Fsp3) is 0.562. The first-order valence-electron chi connectivity index (χ1n) is 7.79. The molecule has 2 atom stereocenters. The van der Waals surface area contributed by atoms with Crippen LogP contribution in [0.4, 0.5) is 4.79 Å². The lowest BCUT2D eigenvalue weighted by atomic mass is 10.1. The highest BCUT2D eigenvalue weighted by Gasteiger charge is 2.29. The van der Waals surface area contributed by atoms with E-state index in [1.165, 1.54) is 0 Å². The highest BCUT2D eigenvalue weighted by Crippen LogP contribution is 2.20. The minimum atomic E-state index is -3.00. The van der Waals surface area contributed by atoms with Crippen LogP contribution in [0, 0.1) is 0 Å². The van der Waals surface area contributed by atoms with Crippen molar-refractivity contribution in [3.63, 3.8) is 0 Å². The maximum Gasteiger partial charge on any atom is 0.315 e. The molecule has 1 fully saturated rings. The number of hydrogen-bond donors (Lipinski definition) is 2. The van der Waals surface area contributed by atoms with Crippen LogP contribution in [0.15, 0.2) is 24.3 Å². The molecule has 1 saturated heterocycles. The lowest BCUT2D eigenvalue weighted by Crippen LogP contribution is -2.43. The van der Waals surface area contributed by atoms with Gasteiger partial charge in [0, 0.05) is 6.04 Å². The summed E-state index contributed by atoms with van der Waals surface area (Å²) in [6.07, 6.45) is 0.558. The lowest BCUT2D eigenvalue weighted by Gasteiger charge is -2.18. The summed E-state index contributed by atoms with van der Waals surface area (Å²) in [5.74, 6) is 0.919. The number of carbonyl (C=O) groups excluding carboxylic acids is 1. The first kappa shape index (κ1) is 17.6. The molecule has 1 aromatic carbocycles. The van der Waals surface area contributed by atoms with Gasteiger partial charge in [-0.1, -0.05) is 12.1 Å². The fourth-order valence-corrected chi connectivity index (χ4v) is 4.22. The van der Waals surface area contributed by atoms with Gasteiger partial charge < -0.3 is 15.4 Å². The van der Waals surface area contributed by atoms with Crippen molar-refractivity contribution in [2.75, 3.05) is 11.5 Å². The summed E-state index contributed by atoms with van der Waals surface area (Å²) in [4.78, 5) is 12.0. The SMILES string of the molecule is CC(C)Oc1cccc([C@@H](C)NC(=O)N[C@H]2CCS(=O)(=O)C2)c1. The standard InChI is InChI=1S/C16H24N2O4S/c1-11(2)22-15-6-4-5-13(9-15)12(3)17-16(19)18-14-7-8-23(20,21)10-14/h4-6,9,11-12,14H,7-8,10H2,1-3H3,(H2,17,18,19)/t12-,14+/m1/s1. The van der Waals surface area contributed by atoms with E-state index in [9.17, 15) is 13.2 Å². The number of benzene rings is 1. The van der Waals surface area contributed by atoms with Crippen LogP contribution in [-0.2, 0) is 9.84 Å². The van der Waals surface area contributed by atoms with E-state index in [1.807, 2.05) is 45.0 Å². The number of carbonyl (C=O) groups is 1. The molecule has 1 heterocycles. The van der Waals surface area contributed by atoms with Crippen molar-refractivity contribution >= 4 is 15.9 Å². The molecule has 0 radical (unpaired) electrons. The second kappa shape index (κ2) is 7.21. The molecular formula is C16H24N2O4S. The van der Waals surface area contributed by atoms with Crippen LogP contribution in [0.25, 0.3) is 0 Å². The Kier molecular flexibility index (Phi) is 5.51. The van der Waals surface area contributed by atoms with Gasteiger partial charge in [-0.15, -0.1) is 0 Å². The van der Waals surface area contributed by atoms with E-state index in [0.29, 0.717) is 6.42 Å². The van der Waals surface area contributed by atoms with Crippen molar-refractivity contribution < 1.29 is 17.9 Å². The van der Waals surface area contributed by atoms with Crippen LogP contribution in [0.5, 0.6) is 5.75 Å². The minimum absolute atomic E-state index is 0.0204. The molecule has 0 aromatic heterocycles. The normalized spacial score (nSPS) is 21.0. The number of sulfone groups is 1. The third-order valence-corrected chi connectivity index (χ3v) is 5.41. The van der Waals surface area contributed by atoms with Crippen LogP contribution in [0.2, 0.25) is 0 Å². The topological polar surface area (TPSA) is 84.5 Å². The number of urea groups is 1. The number of nitrogens with one attached hydrogen (secondary N) is 2. The van der Waals surface area contributed by atoms with Crippen LogP contribution in [0.3, 0.4) is 0 Å². The molecule has 2 N–H and O–H groups in total. The van der Waals surface area contributed by atoms with Crippen molar-refractivity contribution in [2.24, 2.45) is 0 Å². The molecule has 1 aromatic rings. The lowest BCUT2D eigenvalue weighted by molar-refractivity contribution is 0.234. The zero-order valence-corrected chi connectivity index (χ0v) is 14.5. The molecule has 2 rings (SSSR count). The van der Waals surface area contributed by atoms with E-state index >= 15 is 0 Å². The van der Waals surface area contributed by atoms with Crippen molar-refractivity contribution in [1.29, 1.82) is 0 Å². The number of rotatable bonds is 5. The maximum atomic E-state index is 12.0. The van der Waals surface area contributed by atoms with E-state index in [4.69, 9.17) is 4.74 Å². The Morgan fingerprint density at radius 1 is 1.30 bits per heavy atom. The minimum Gasteiger partial charge on any atom is -0.491 e. The van der Waals surface area contributed by atoms with Crippen molar-refractivity contribution in [1.82, 2.24) is 10.6 Å². The Morgan fingerprint density at radius 2 is 2.04 bits per heavy atom. The van der Waals surface area contributed by atoms with Gasteiger partial charge in [0.15, 0.2) is 9.84 Å². The molecular weight excluding hydrogens is 316 g/mol. The molecule has 0 unspecified atom stereocenters. The first-order valence-corrected chi connectivity index (χ1v) is 9.61. The molecule has 0 aliphatic carbocycles. The monoisotopic (exact) mass is 340 g/mol. The van der Waals surface area contributed by atoms with E-state index in [-0.39, 0.29) is 35.7 Å². The Morgan fingerprint density at radius 3 is 2.65 bits per heavy atom. The summed E-state index contributed by atoms with van der Waals surface area (Å²) in [6.45, 7) is 5.79. The predicted molar refractivity (Wildman–Crippen MR) is 89.3 cm³/mol. The Labute approximate surface area is 137 Å². The highest BCUT2D eigenvalue weighted by molar-refractivity contribution is 7.91. The van der Waals surface area contributed by atoms with Gasteiger partial charge in [-0.2, -0.15) is 0 Å². The molecule has 128 valence electrons. The smallest absolute Gasteiger partial charge is 0.315 e. The van der Waals surface area contributed by atoms with Gasteiger partial charge in [0.2, 0.25) is 0 Å². The zero-order chi connectivity index (χ0) is 17.0. The fourth-order valence-electron chi connectivity index (χ4n) is 2.55. The molecule has 2 amide bonds. The van der Waals surface area contributed by atoms with Crippen LogP contribution < -0.4 is 15.4 Å². The van der Waals surface area contributed by atoms with Crippen molar-refractivity contribution in [2.45, 2.75) is 45.4 Å². The second-order valence-corrected chi connectivity index (χ2v) is 8.41. The summed E-state index contributed by atoms with van der Waals surface area (Å²) in [5.41, 5.74) is 0.928. The van der Waals surface area contributed by atoms with Crippen LogP contribution in [0.1, 0.15) is 38.8 Å². The third-order valence-electron chi connectivity index (χ3n) is 3.65. The molecule has 0 saturated carbocycles. The summed E-state index contributed by atoms with van der Waals surface area (Å²) in [5, 5.41) is 5.55. The van der Waals surface area contributed by atoms with Crippen LogP contribution in [-0.4, -0.2) is 38.1 Å². The van der Waals surface area contributed by atoms with E-state index < -0.39 is 9.84 Å². The molecule has 6 nitrogen and oxygen atoms in total. The van der Waals surface area contributed by atoms with Gasteiger partial charge in [-0.3, -0.25) is 0 Å². The molecule has 0 spiro atoms. The van der Waals surface area contributed by atoms with Gasteiger partial charge in [0.05, 0.1) is 23.7 Å². The summed E-state index contributed by atoms with van der Waals surface area (Å²) in [7, 11) is -3.00. The van der Waals surface area contributed by atoms with E-state index in [1.54, 1.807) is 0 Å². The highest BCUT2D eigenvalue weighted by atomic mass is 32.2. The molecule has 0 bridgehead atoms. The quantitative estimate of drug-likeness (QED) is 0.859. The Hall–Kier alpha value is -1.76. The second-order valence-electron chi connectivity index (χ2n) is 6.18. The van der Waals surface area contributed by atoms with Gasteiger partial charge in [0.1, 0.15) is 5.75 Å². The maximum absolute atomic E-state index is 12.0. The summed E-state index contributed by atoms with van der Waals surface area (Å²) in [6, 6.07) is 6.71.